The Morgan fingerprint density at radius 1 is 1.28 bits per heavy atom. The second-order valence-corrected chi connectivity index (χ2v) is 9.55. The summed E-state index contributed by atoms with van der Waals surface area (Å²) in [4.78, 5) is 23.9. The molecule has 0 unspecified atom stereocenters. The Balaban J connectivity index is 2.01. The number of aromatic nitrogens is 2. The molecule has 0 fully saturated rings. The Labute approximate surface area is 160 Å². The number of imide groups is 1. The van der Waals surface area contributed by atoms with Crippen LogP contribution in [0.2, 0.25) is 0 Å². The van der Waals surface area contributed by atoms with Crippen molar-refractivity contribution in [1.82, 2.24) is 20.4 Å². The number of carbonyl (C=O) groups is 2. The molecule has 1 aromatic heterocycles. The van der Waals surface area contributed by atoms with E-state index in [2.05, 4.69) is 15.7 Å². The van der Waals surface area contributed by atoms with Crippen LogP contribution in [0.25, 0.3) is 5.69 Å². The van der Waals surface area contributed by atoms with Crippen molar-refractivity contribution in [3.05, 3.63) is 34.3 Å². The summed E-state index contributed by atoms with van der Waals surface area (Å²) in [6.07, 6.45) is 0. The predicted octanol–water partition coefficient (Wildman–Crippen LogP) is 3.77. The molecule has 1 atom stereocenters. The van der Waals surface area contributed by atoms with Gasteiger partial charge in [-0.05, 0) is 52.0 Å². The lowest BCUT2D eigenvalue weighted by Crippen LogP contribution is -2.49. The first-order valence-corrected chi connectivity index (χ1v) is 9.71. The highest BCUT2D eigenvalue weighted by molar-refractivity contribution is 8.02. The zero-order chi connectivity index (χ0) is 18.6. The molecule has 0 aliphatic carbocycles. The minimum absolute atomic E-state index is 0.376. The maximum atomic E-state index is 12.2. The molecule has 2 N–H and O–H groups in total. The number of hydrogen-bond donors (Lipinski definition) is 2. The molecule has 6 nitrogen and oxygen atoms in total. The van der Waals surface area contributed by atoms with Crippen LogP contribution in [-0.4, -0.2) is 32.5 Å². The molecule has 1 heterocycles. The van der Waals surface area contributed by atoms with Crippen molar-refractivity contribution < 1.29 is 9.59 Å². The Kier molecular flexibility index (Phi) is 6.36. The quantitative estimate of drug-likeness (QED) is 0.608. The molecule has 0 radical (unpaired) electrons. The number of amides is 3. The maximum absolute atomic E-state index is 12.2. The Morgan fingerprint density at radius 2 is 1.92 bits per heavy atom. The number of thioether (sulfide) groups is 1. The molecule has 0 aliphatic rings. The fourth-order valence-corrected chi connectivity index (χ4v) is 4.34. The molecule has 25 heavy (non-hydrogen) atoms. The Hall–Kier alpha value is -1.71. The number of rotatable bonds is 4. The van der Waals surface area contributed by atoms with Gasteiger partial charge in [0.05, 0.1) is 10.9 Å². The summed E-state index contributed by atoms with van der Waals surface area (Å²) < 4.78 is 2.94. The molecule has 9 heteroatoms. The third kappa shape index (κ3) is 5.94. The highest BCUT2D eigenvalue weighted by atomic mass is 32.2. The van der Waals surface area contributed by atoms with Crippen molar-refractivity contribution in [1.29, 1.82) is 0 Å². The van der Waals surface area contributed by atoms with Crippen LogP contribution in [0, 0.1) is 3.95 Å². The van der Waals surface area contributed by atoms with Crippen LogP contribution in [0.15, 0.2) is 34.7 Å². The summed E-state index contributed by atoms with van der Waals surface area (Å²) in [5.41, 5.74) is 0.464. The van der Waals surface area contributed by atoms with Crippen LogP contribution in [0.5, 0.6) is 0 Å². The van der Waals surface area contributed by atoms with Gasteiger partial charge >= 0.3 is 6.03 Å². The number of urea groups is 1. The summed E-state index contributed by atoms with van der Waals surface area (Å²) in [5.74, 6) is -0.376. The van der Waals surface area contributed by atoms with Gasteiger partial charge in [0.1, 0.15) is 0 Å². The SMILES string of the molecule is C[C@@H](Sc1nn(-c2ccccc2)c(=S)s1)C(=O)NC(=O)NC(C)(C)C. The number of nitrogens with one attached hydrogen (secondary N) is 2. The topological polar surface area (TPSA) is 76.0 Å². The highest BCUT2D eigenvalue weighted by Gasteiger charge is 2.21. The minimum Gasteiger partial charge on any atom is -0.333 e. The molecular formula is C16H20N4O2S3. The summed E-state index contributed by atoms with van der Waals surface area (Å²) in [6.45, 7) is 7.26. The highest BCUT2D eigenvalue weighted by Crippen LogP contribution is 2.27. The average molecular weight is 397 g/mol. The van der Waals surface area contributed by atoms with Crippen LogP contribution in [0.3, 0.4) is 0 Å². The molecule has 2 rings (SSSR count). The van der Waals surface area contributed by atoms with Gasteiger partial charge in [-0.3, -0.25) is 10.1 Å². The summed E-state index contributed by atoms with van der Waals surface area (Å²) in [5, 5.41) is 9.01. The molecule has 134 valence electrons. The summed E-state index contributed by atoms with van der Waals surface area (Å²) in [7, 11) is 0. The van der Waals surface area contributed by atoms with Gasteiger partial charge in [0.15, 0.2) is 8.29 Å². The zero-order valence-corrected chi connectivity index (χ0v) is 16.8. The molecule has 0 saturated carbocycles. The molecule has 0 saturated heterocycles. The van der Waals surface area contributed by atoms with E-state index in [0.717, 1.165) is 5.69 Å². The molecule has 0 aliphatic heterocycles. The summed E-state index contributed by atoms with van der Waals surface area (Å²) in [6, 6.07) is 9.06. The third-order valence-electron chi connectivity index (χ3n) is 2.90. The van der Waals surface area contributed by atoms with E-state index < -0.39 is 16.8 Å². The molecule has 3 amide bonds. The molecule has 0 bridgehead atoms. The van der Waals surface area contributed by atoms with Gasteiger partial charge in [0.2, 0.25) is 5.91 Å². The van der Waals surface area contributed by atoms with Crippen LogP contribution in [0.4, 0.5) is 4.79 Å². The standard InChI is InChI=1S/C16H20N4O2S3/c1-10(12(21)17-13(22)18-16(2,3)4)24-14-19-20(15(23)25-14)11-8-6-5-7-9-11/h5-10H,1-4H3,(H2,17,18,21,22)/t10-/m1/s1. The zero-order valence-electron chi connectivity index (χ0n) is 14.4. The second kappa shape index (κ2) is 8.11. The van der Waals surface area contributed by atoms with E-state index in [1.54, 1.807) is 11.6 Å². The van der Waals surface area contributed by atoms with E-state index in [9.17, 15) is 9.59 Å². The Bertz CT molecular complexity index is 809. The lowest BCUT2D eigenvalue weighted by molar-refractivity contribution is -0.119. The van der Waals surface area contributed by atoms with Gasteiger partial charge in [-0.1, -0.05) is 41.3 Å². The van der Waals surface area contributed by atoms with Gasteiger partial charge in [0, 0.05) is 5.54 Å². The number of nitrogens with zero attached hydrogens (tertiary/aromatic N) is 2. The first-order chi connectivity index (χ1) is 11.7. The third-order valence-corrected chi connectivity index (χ3v) is 5.32. The normalized spacial score (nSPS) is 12.5. The smallest absolute Gasteiger partial charge is 0.321 e. The van der Waals surface area contributed by atoms with Gasteiger partial charge < -0.3 is 5.32 Å². The van der Waals surface area contributed by atoms with E-state index in [1.165, 1.54) is 23.1 Å². The predicted molar refractivity (Wildman–Crippen MR) is 104 cm³/mol. The van der Waals surface area contributed by atoms with E-state index in [1.807, 2.05) is 51.1 Å². The first kappa shape index (κ1) is 19.6. The Morgan fingerprint density at radius 3 is 2.52 bits per heavy atom. The number of carbonyl (C=O) groups excluding carboxylic acids is 2. The number of benzene rings is 1. The lowest BCUT2D eigenvalue weighted by Gasteiger charge is -2.20. The van der Waals surface area contributed by atoms with Crippen molar-refractivity contribution >= 4 is 47.3 Å². The monoisotopic (exact) mass is 396 g/mol. The van der Waals surface area contributed by atoms with Gasteiger partial charge in [-0.25, -0.2) is 9.48 Å². The van der Waals surface area contributed by atoms with Gasteiger partial charge in [-0.2, -0.15) is 0 Å². The fourth-order valence-electron chi connectivity index (χ4n) is 1.83. The van der Waals surface area contributed by atoms with Crippen LogP contribution in [-0.2, 0) is 4.79 Å². The van der Waals surface area contributed by atoms with E-state index in [0.29, 0.717) is 8.29 Å². The second-order valence-electron chi connectivity index (χ2n) is 6.33. The number of para-hydroxylation sites is 1. The minimum atomic E-state index is -0.507. The van der Waals surface area contributed by atoms with Crippen molar-refractivity contribution in [3.8, 4) is 5.69 Å². The lowest BCUT2D eigenvalue weighted by atomic mass is 10.1. The molecule has 1 aromatic carbocycles. The maximum Gasteiger partial charge on any atom is 0.321 e. The van der Waals surface area contributed by atoms with Crippen LogP contribution < -0.4 is 10.6 Å². The van der Waals surface area contributed by atoms with Crippen LogP contribution in [0.1, 0.15) is 27.7 Å². The molecular weight excluding hydrogens is 376 g/mol. The van der Waals surface area contributed by atoms with E-state index >= 15 is 0 Å². The summed E-state index contributed by atoms with van der Waals surface area (Å²) >= 11 is 7.95. The van der Waals surface area contributed by atoms with Gasteiger partial charge in [0.25, 0.3) is 0 Å². The van der Waals surface area contributed by atoms with Crippen molar-refractivity contribution in [3.63, 3.8) is 0 Å². The molecule has 2 aromatic rings. The fraction of sp³-hybridized carbons (Fsp3) is 0.375. The van der Waals surface area contributed by atoms with E-state index in [4.69, 9.17) is 12.2 Å². The largest absolute Gasteiger partial charge is 0.333 e. The molecule has 0 spiro atoms. The average Bonchev–Trinajstić information content (AvgIpc) is 2.86. The van der Waals surface area contributed by atoms with Crippen molar-refractivity contribution in [2.75, 3.05) is 0 Å². The number of hydrogen-bond acceptors (Lipinski definition) is 6. The van der Waals surface area contributed by atoms with Crippen molar-refractivity contribution in [2.24, 2.45) is 0 Å². The van der Waals surface area contributed by atoms with E-state index in [-0.39, 0.29) is 5.91 Å². The first-order valence-electron chi connectivity index (χ1n) is 7.61. The van der Waals surface area contributed by atoms with Crippen molar-refractivity contribution in [2.45, 2.75) is 42.8 Å². The van der Waals surface area contributed by atoms with Crippen LogP contribution >= 0.6 is 35.3 Å². The van der Waals surface area contributed by atoms with Gasteiger partial charge in [-0.15, -0.1) is 5.10 Å².